The van der Waals surface area contributed by atoms with Gasteiger partial charge in [0.25, 0.3) is 0 Å². The van der Waals surface area contributed by atoms with E-state index in [2.05, 4.69) is 16.0 Å². The zero-order chi connectivity index (χ0) is 19.8. The molecule has 3 rings (SSSR count). The van der Waals surface area contributed by atoms with Crippen molar-refractivity contribution < 1.29 is 13.9 Å². The zero-order valence-corrected chi connectivity index (χ0v) is 16.3. The molecule has 0 N–H and O–H groups in total. The van der Waals surface area contributed by atoms with E-state index in [0.717, 1.165) is 43.1 Å². The van der Waals surface area contributed by atoms with Crippen LogP contribution in [0.25, 0.3) is 0 Å². The number of hydrogen-bond acceptors (Lipinski definition) is 4. The maximum atomic E-state index is 13.2. The van der Waals surface area contributed by atoms with Crippen LogP contribution in [-0.2, 0) is 19.5 Å². The van der Waals surface area contributed by atoms with Gasteiger partial charge in [0.2, 0.25) is 0 Å². The number of methoxy groups -OCH3 is 2. The van der Waals surface area contributed by atoms with E-state index >= 15 is 0 Å². The van der Waals surface area contributed by atoms with Crippen LogP contribution >= 0.6 is 0 Å². The topological polar surface area (TPSA) is 34.6 Å². The Kier molecular flexibility index (Phi) is 6.98. The van der Waals surface area contributed by atoms with Crippen molar-refractivity contribution in [2.24, 2.45) is 0 Å². The first kappa shape index (κ1) is 19.8. The predicted molar refractivity (Wildman–Crippen MR) is 108 cm³/mol. The van der Waals surface area contributed by atoms with Crippen LogP contribution in [0.15, 0.2) is 67.0 Å². The third kappa shape index (κ3) is 5.54. The Bertz CT molecular complexity index is 870. The minimum atomic E-state index is -0.213. The summed E-state index contributed by atoms with van der Waals surface area (Å²) in [5.41, 5.74) is 3.46. The lowest BCUT2D eigenvalue weighted by Crippen LogP contribution is -2.25. The summed E-state index contributed by atoms with van der Waals surface area (Å²) in [6, 6.07) is 16.7. The molecule has 0 saturated carbocycles. The van der Waals surface area contributed by atoms with Gasteiger partial charge >= 0.3 is 0 Å². The third-order valence-corrected chi connectivity index (χ3v) is 4.64. The van der Waals surface area contributed by atoms with E-state index in [4.69, 9.17) is 9.47 Å². The second-order valence-electron chi connectivity index (χ2n) is 6.63. The fourth-order valence-electron chi connectivity index (χ4n) is 3.13. The van der Waals surface area contributed by atoms with E-state index in [-0.39, 0.29) is 5.82 Å². The summed E-state index contributed by atoms with van der Waals surface area (Å²) >= 11 is 0. The number of benzene rings is 2. The van der Waals surface area contributed by atoms with Crippen LogP contribution in [0.1, 0.15) is 16.7 Å². The minimum Gasteiger partial charge on any atom is -0.493 e. The first-order valence-corrected chi connectivity index (χ1v) is 9.24. The van der Waals surface area contributed by atoms with E-state index < -0.39 is 0 Å². The van der Waals surface area contributed by atoms with Crippen LogP contribution in [0.3, 0.4) is 0 Å². The second kappa shape index (κ2) is 9.85. The van der Waals surface area contributed by atoms with Gasteiger partial charge in [-0.05, 0) is 59.5 Å². The summed E-state index contributed by atoms with van der Waals surface area (Å²) < 4.78 is 23.9. The fourth-order valence-corrected chi connectivity index (χ4v) is 3.13. The van der Waals surface area contributed by atoms with Gasteiger partial charge in [0.05, 0.1) is 14.2 Å². The Morgan fingerprint density at radius 1 is 0.786 bits per heavy atom. The van der Waals surface area contributed by atoms with Crippen molar-refractivity contribution in [1.29, 1.82) is 0 Å². The summed E-state index contributed by atoms with van der Waals surface area (Å²) in [6.07, 6.45) is 4.48. The van der Waals surface area contributed by atoms with Crippen LogP contribution in [0, 0.1) is 5.82 Å². The Balaban J connectivity index is 1.72. The van der Waals surface area contributed by atoms with Gasteiger partial charge in [0, 0.05) is 32.0 Å². The Hall–Kier alpha value is -2.92. The first-order chi connectivity index (χ1) is 13.7. The molecule has 0 atom stereocenters. The Morgan fingerprint density at radius 3 is 2.04 bits per heavy atom. The number of ether oxygens (including phenoxy) is 2. The summed E-state index contributed by atoms with van der Waals surface area (Å²) in [6.45, 7) is 2.40. The minimum absolute atomic E-state index is 0.213. The Labute approximate surface area is 165 Å². The maximum absolute atomic E-state index is 13.2. The van der Waals surface area contributed by atoms with Crippen molar-refractivity contribution in [1.82, 2.24) is 9.88 Å². The highest BCUT2D eigenvalue weighted by Crippen LogP contribution is 2.27. The lowest BCUT2D eigenvalue weighted by molar-refractivity contribution is 0.259. The summed E-state index contributed by atoms with van der Waals surface area (Å²) in [7, 11) is 3.28. The molecule has 4 nitrogen and oxygen atoms in total. The first-order valence-electron chi connectivity index (χ1n) is 9.24. The van der Waals surface area contributed by atoms with Crippen LogP contribution < -0.4 is 9.47 Å². The molecule has 0 aliphatic carbocycles. The predicted octanol–water partition coefficient (Wildman–Crippen LogP) is 4.48. The number of aromatic nitrogens is 1. The molecule has 1 aromatic heterocycles. The van der Waals surface area contributed by atoms with Gasteiger partial charge in [-0.2, -0.15) is 0 Å². The summed E-state index contributed by atoms with van der Waals surface area (Å²) in [4.78, 5) is 6.44. The van der Waals surface area contributed by atoms with Crippen molar-refractivity contribution in [3.63, 3.8) is 0 Å². The monoisotopic (exact) mass is 380 g/mol. The largest absolute Gasteiger partial charge is 0.493 e. The normalized spacial score (nSPS) is 10.9. The van der Waals surface area contributed by atoms with E-state index in [0.29, 0.717) is 0 Å². The van der Waals surface area contributed by atoms with Crippen LogP contribution in [0.2, 0.25) is 0 Å². The number of halogens is 1. The maximum Gasteiger partial charge on any atom is 0.160 e. The molecule has 146 valence electrons. The quantitative estimate of drug-likeness (QED) is 0.548. The molecule has 3 aromatic rings. The van der Waals surface area contributed by atoms with Gasteiger partial charge in [-0.1, -0.05) is 18.2 Å². The number of nitrogens with zero attached hydrogens (tertiary/aromatic N) is 2. The molecule has 0 saturated heterocycles. The van der Waals surface area contributed by atoms with E-state index in [1.54, 1.807) is 26.6 Å². The van der Waals surface area contributed by atoms with E-state index in [1.165, 1.54) is 23.3 Å². The van der Waals surface area contributed by atoms with E-state index in [9.17, 15) is 4.39 Å². The molecular formula is C23H25FN2O2. The van der Waals surface area contributed by atoms with Gasteiger partial charge in [0.15, 0.2) is 11.5 Å². The van der Waals surface area contributed by atoms with Gasteiger partial charge < -0.3 is 9.47 Å². The van der Waals surface area contributed by atoms with Gasteiger partial charge in [-0.25, -0.2) is 4.39 Å². The molecule has 5 heteroatoms. The van der Waals surface area contributed by atoms with Crippen molar-refractivity contribution in [2.45, 2.75) is 19.5 Å². The van der Waals surface area contributed by atoms with Crippen LogP contribution in [-0.4, -0.2) is 30.6 Å². The van der Waals surface area contributed by atoms with Gasteiger partial charge in [0.1, 0.15) is 5.82 Å². The molecule has 1 heterocycles. The van der Waals surface area contributed by atoms with Crippen molar-refractivity contribution in [3.8, 4) is 11.5 Å². The molecule has 0 spiro atoms. The Morgan fingerprint density at radius 2 is 1.39 bits per heavy atom. The molecule has 0 bridgehead atoms. The van der Waals surface area contributed by atoms with Crippen LogP contribution in [0.5, 0.6) is 11.5 Å². The zero-order valence-electron chi connectivity index (χ0n) is 16.3. The number of rotatable bonds is 9. The third-order valence-electron chi connectivity index (χ3n) is 4.64. The van der Waals surface area contributed by atoms with Crippen molar-refractivity contribution >= 4 is 0 Å². The fraction of sp³-hybridized carbons (Fsp3) is 0.261. The smallest absolute Gasteiger partial charge is 0.160 e. The molecule has 0 amide bonds. The number of hydrogen-bond donors (Lipinski definition) is 0. The van der Waals surface area contributed by atoms with E-state index in [1.807, 2.05) is 36.4 Å². The molecule has 2 aromatic carbocycles. The highest BCUT2D eigenvalue weighted by atomic mass is 19.1. The molecule has 0 aliphatic rings. The lowest BCUT2D eigenvalue weighted by Gasteiger charge is -2.23. The summed E-state index contributed by atoms with van der Waals surface area (Å²) in [5, 5.41) is 0. The SMILES string of the molecule is COc1ccc(CCN(Cc2ccncc2)Cc2ccc(F)cc2)cc1OC. The molecule has 28 heavy (non-hydrogen) atoms. The summed E-state index contributed by atoms with van der Waals surface area (Å²) in [5.74, 6) is 1.25. The lowest BCUT2D eigenvalue weighted by atomic mass is 10.1. The average molecular weight is 380 g/mol. The second-order valence-corrected chi connectivity index (χ2v) is 6.63. The average Bonchev–Trinajstić information content (AvgIpc) is 2.74. The highest BCUT2D eigenvalue weighted by Gasteiger charge is 2.10. The van der Waals surface area contributed by atoms with Crippen molar-refractivity contribution in [3.05, 3.63) is 89.5 Å². The van der Waals surface area contributed by atoms with Crippen molar-refractivity contribution in [2.75, 3.05) is 20.8 Å². The highest BCUT2D eigenvalue weighted by molar-refractivity contribution is 5.43. The molecule has 0 radical (unpaired) electrons. The standard InChI is InChI=1S/C23H25FN2O2/c1-27-22-8-5-18(15-23(22)28-2)11-14-26(17-20-9-12-25-13-10-20)16-19-3-6-21(24)7-4-19/h3-10,12-13,15H,11,14,16-17H2,1-2H3. The van der Waals surface area contributed by atoms with Crippen LogP contribution in [0.4, 0.5) is 4.39 Å². The molecular weight excluding hydrogens is 355 g/mol. The molecule has 0 unspecified atom stereocenters. The molecule has 0 aliphatic heterocycles. The number of pyridine rings is 1. The van der Waals surface area contributed by atoms with Gasteiger partial charge in [-0.15, -0.1) is 0 Å². The van der Waals surface area contributed by atoms with Gasteiger partial charge in [-0.3, -0.25) is 9.88 Å². The molecule has 0 fully saturated rings.